The van der Waals surface area contributed by atoms with Crippen molar-refractivity contribution in [1.82, 2.24) is 15.3 Å². The number of halogens is 4. The molecule has 0 aliphatic heterocycles. The quantitative estimate of drug-likeness (QED) is 0.604. The van der Waals surface area contributed by atoms with Gasteiger partial charge in [0.15, 0.2) is 0 Å². The summed E-state index contributed by atoms with van der Waals surface area (Å²) in [6.07, 6.45) is -2.09. The number of benzene rings is 2. The van der Waals surface area contributed by atoms with Gasteiger partial charge in [0, 0.05) is 11.1 Å². The Bertz CT molecular complexity index is 978. The van der Waals surface area contributed by atoms with Crippen LogP contribution < -0.4 is 5.32 Å². The number of para-hydroxylation sites is 2. The first-order valence-corrected chi connectivity index (χ1v) is 8.42. The van der Waals surface area contributed by atoms with Crippen LogP contribution in [0.4, 0.5) is 13.2 Å². The minimum absolute atomic E-state index is 0.109. The predicted molar refractivity (Wildman–Crippen MR) is 98.1 cm³/mol. The van der Waals surface area contributed by atoms with E-state index in [1.54, 1.807) is 6.92 Å². The van der Waals surface area contributed by atoms with E-state index in [-0.39, 0.29) is 10.6 Å². The number of H-pyrrole nitrogens is 1. The molecular weight excluding hydrogens is 379 g/mol. The summed E-state index contributed by atoms with van der Waals surface area (Å²) in [6, 6.07) is 9.98. The second-order valence-electron chi connectivity index (χ2n) is 5.94. The maximum absolute atomic E-state index is 12.8. The van der Waals surface area contributed by atoms with Gasteiger partial charge in [-0.25, -0.2) is 4.98 Å². The molecule has 1 atom stereocenters. The van der Waals surface area contributed by atoms with E-state index in [2.05, 4.69) is 15.3 Å². The van der Waals surface area contributed by atoms with E-state index < -0.39 is 23.7 Å². The summed E-state index contributed by atoms with van der Waals surface area (Å²) in [5.74, 6) is 0.103. The number of rotatable bonds is 4. The lowest BCUT2D eigenvalue weighted by atomic mass is 10.1. The molecule has 0 aliphatic rings. The van der Waals surface area contributed by atoms with Crippen molar-refractivity contribution >= 4 is 34.6 Å². The van der Waals surface area contributed by atoms with Gasteiger partial charge in [-0.3, -0.25) is 4.79 Å². The van der Waals surface area contributed by atoms with Gasteiger partial charge >= 0.3 is 6.18 Å². The molecule has 1 heterocycles. The van der Waals surface area contributed by atoms with Crippen molar-refractivity contribution in [3.8, 4) is 0 Å². The summed E-state index contributed by atoms with van der Waals surface area (Å²) >= 11 is 5.91. The molecule has 0 aliphatic carbocycles. The largest absolute Gasteiger partial charge is 0.416 e. The molecule has 3 aromatic rings. The number of aromatic nitrogens is 2. The number of nitrogens with zero attached hydrogens (tertiary/aromatic N) is 1. The van der Waals surface area contributed by atoms with Crippen LogP contribution in [0.5, 0.6) is 0 Å². The highest BCUT2D eigenvalue weighted by Crippen LogP contribution is 2.32. The van der Waals surface area contributed by atoms with E-state index in [9.17, 15) is 18.0 Å². The average molecular weight is 394 g/mol. The number of carbonyl (C=O) groups is 1. The van der Waals surface area contributed by atoms with Gasteiger partial charge in [0.25, 0.3) is 0 Å². The first-order chi connectivity index (χ1) is 12.7. The lowest BCUT2D eigenvalue weighted by Gasteiger charge is -2.10. The molecule has 1 aromatic heterocycles. The number of carbonyl (C=O) groups excluding carboxylic acids is 1. The molecule has 0 bridgehead atoms. The molecule has 8 heteroatoms. The van der Waals surface area contributed by atoms with Crippen molar-refractivity contribution in [2.24, 2.45) is 0 Å². The van der Waals surface area contributed by atoms with Crippen LogP contribution in [-0.2, 0) is 11.0 Å². The number of fused-ring (bicyclic) bond motifs is 1. The summed E-state index contributed by atoms with van der Waals surface area (Å²) in [5, 5.41) is 2.83. The van der Waals surface area contributed by atoms with Crippen molar-refractivity contribution in [2.75, 3.05) is 0 Å². The highest BCUT2D eigenvalue weighted by molar-refractivity contribution is 6.32. The smallest absolute Gasteiger partial charge is 0.343 e. The molecule has 4 nitrogen and oxygen atoms in total. The zero-order chi connectivity index (χ0) is 19.6. The third-order valence-electron chi connectivity index (χ3n) is 3.91. The molecule has 140 valence electrons. The van der Waals surface area contributed by atoms with Crippen molar-refractivity contribution in [2.45, 2.75) is 19.1 Å². The standard InChI is InChI=1S/C19H15ClF3N3O/c1-11(18-25-15-4-2-3-5-16(15)26-18)24-17(27)9-6-12-10-13(19(21,22)23)7-8-14(12)20/h2-11H,1H3,(H,24,27)(H,25,26)/b9-6+/t11-/m1/s1. The Morgan fingerprint density at radius 3 is 2.70 bits per heavy atom. The second-order valence-corrected chi connectivity index (χ2v) is 6.34. The third kappa shape index (κ3) is 4.49. The Kier molecular flexibility index (Phi) is 5.23. The SMILES string of the molecule is C[C@@H](NC(=O)/C=C/c1cc(C(F)(F)F)ccc1Cl)c1nc2ccccc2[nH]1. The van der Waals surface area contributed by atoms with Crippen molar-refractivity contribution in [1.29, 1.82) is 0 Å². The number of hydrogen-bond donors (Lipinski definition) is 2. The topological polar surface area (TPSA) is 57.8 Å². The van der Waals surface area contributed by atoms with Crippen molar-refractivity contribution in [3.05, 3.63) is 70.5 Å². The lowest BCUT2D eigenvalue weighted by Crippen LogP contribution is -2.25. The number of amides is 1. The predicted octanol–water partition coefficient (Wildman–Crippen LogP) is 5.13. The summed E-state index contributed by atoms with van der Waals surface area (Å²) in [4.78, 5) is 19.6. The molecule has 1 amide bonds. The monoisotopic (exact) mass is 393 g/mol. The van der Waals surface area contributed by atoms with Gasteiger partial charge in [0.2, 0.25) is 5.91 Å². The van der Waals surface area contributed by atoms with E-state index in [1.807, 2.05) is 24.3 Å². The van der Waals surface area contributed by atoms with Gasteiger partial charge in [-0.15, -0.1) is 0 Å². The number of aromatic amines is 1. The van der Waals surface area contributed by atoms with Crippen LogP contribution in [-0.4, -0.2) is 15.9 Å². The van der Waals surface area contributed by atoms with E-state index in [1.165, 1.54) is 6.08 Å². The van der Waals surface area contributed by atoms with Crippen LogP contribution in [0, 0.1) is 0 Å². The van der Waals surface area contributed by atoms with Crippen molar-refractivity contribution < 1.29 is 18.0 Å². The molecule has 0 saturated heterocycles. The van der Waals surface area contributed by atoms with Crippen LogP contribution in [0.15, 0.2) is 48.5 Å². The fourth-order valence-electron chi connectivity index (χ4n) is 2.52. The molecule has 3 rings (SSSR count). The maximum Gasteiger partial charge on any atom is 0.416 e. The Hall–Kier alpha value is -2.80. The number of imidazole rings is 1. The summed E-state index contributed by atoms with van der Waals surface area (Å²) < 4.78 is 38.4. The van der Waals surface area contributed by atoms with Crippen LogP contribution >= 0.6 is 11.6 Å². The van der Waals surface area contributed by atoms with Gasteiger partial charge in [0.1, 0.15) is 5.82 Å². The van der Waals surface area contributed by atoms with E-state index in [0.717, 1.165) is 35.3 Å². The Balaban J connectivity index is 1.71. The second kappa shape index (κ2) is 7.44. The molecule has 0 saturated carbocycles. The first-order valence-electron chi connectivity index (χ1n) is 8.04. The summed E-state index contributed by atoms with van der Waals surface area (Å²) in [7, 11) is 0. The number of hydrogen-bond acceptors (Lipinski definition) is 2. The van der Waals surface area contributed by atoms with Gasteiger partial charge < -0.3 is 10.3 Å². The van der Waals surface area contributed by atoms with Crippen molar-refractivity contribution in [3.63, 3.8) is 0 Å². The van der Waals surface area contributed by atoms with Gasteiger partial charge in [0.05, 0.1) is 22.6 Å². The number of alkyl halides is 3. The molecule has 0 radical (unpaired) electrons. The minimum atomic E-state index is -4.48. The summed E-state index contributed by atoms with van der Waals surface area (Å²) in [6.45, 7) is 1.75. The van der Waals surface area contributed by atoms with Crippen LogP contribution in [0.1, 0.15) is 29.9 Å². The van der Waals surface area contributed by atoms with Gasteiger partial charge in [-0.2, -0.15) is 13.2 Å². The third-order valence-corrected chi connectivity index (χ3v) is 4.26. The normalized spacial score (nSPS) is 13.2. The molecule has 2 N–H and O–H groups in total. The Morgan fingerprint density at radius 2 is 2.00 bits per heavy atom. The molecular formula is C19H15ClF3N3O. The number of nitrogens with one attached hydrogen (secondary N) is 2. The van der Waals surface area contributed by atoms with Crippen LogP contribution in [0.3, 0.4) is 0 Å². The van der Waals surface area contributed by atoms with Gasteiger partial charge in [-0.05, 0) is 48.9 Å². The molecule has 27 heavy (non-hydrogen) atoms. The Labute approximate surface area is 158 Å². The Morgan fingerprint density at radius 1 is 1.26 bits per heavy atom. The highest BCUT2D eigenvalue weighted by atomic mass is 35.5. The fourth-order valence-corrected chi connectivity index (χ4v) is 2.70. The lowest BCUT2D eigenvalue weighted by molar-refractivity contribution is -0.137. The average Bonchev–Trinajstić information content (AvgIpc) is 3.04. The molecule has 0 fully saturated rings. The van der Waals surface area contributed by atoms with E-state index >= 15 is 0 Å². The van der Waals surface area contributed by atoms with Crippen LogP contribution in [0.25, 0.3) is 17.1 Å². The molecule has 2 aromatic carbocycles. The van der Waals surface area contributed by atoms with Gasteiger partial charge in [-0.1, -0.05) is 23.7 Å². The minimum Gasteiger partial charge on any atom is -0.343 e. The molecule has 0 unspecified atom stereocenters. The maximum atomic E-state index is 12.8. The van der Waals surface area contributed by atoms with E-state index in [0.29, 0.717) is 5.82 Å². The first kappa shape index (κ1) is 19.0. The highest BCUT2D eigenvalue weighted by Gasteiger charge is 2.30. The zero-order valence-corrected chi connectivity index (χ0v) is 14.9. The van der Waals surface area contributed by atoms with E-state index in [4.69, 9.17) is 11.6 Å². The fraction of sp³-hybridized carbons (Fsp3) is 0.158. The zero-order valence-electron chi connectivity index (χ0n) is 14.1. The summed E-state index contributed by atoms with van der Waals surface area (Å²) in [5.41, 5.74) is 0.903. The molecule has 0 spiro atoms. The van der Waals surface area contributed by atoms with Crippen LogP contribution in [0.2, 0.25) is 5.02 Å².